The van der Waals surface area contributed by atoms with Gasteiger partial charge in [0.15, 0.2) is 0 Å². The molecule has 3 heteroatoms. The van der Waals surface area contributed by atoms with Crippen molar-refractivity contribution < 1.29 is 13.5 Å². The van der Waals surface area contributed by atoms with Gasteiger partial charge in [0, 0.05) is 6.42 Å². The predicted octanol–water partition coefficient (Wildman–Crippen LogP) is 3.37. The van der Waals surface area contributed by atoms with Crippen molar-refractivity contribution in [2.24, 2.45) is 0 Å². The minimum Gasteiger partial charge on any atom is -0.440 e. The molecular formula is C11H12F2O. The lowest BCUT2D eigenvalue weighted by Gasteiger charge is -2.07. The largest absolute Gasteiger partial charge is 0.440 e. The SMILES string of the molecule is C=C(CCc1ccccc1)OC(F)F. The van der Waals surface area contributed by atoms with E-state index in [1.54, 1.807) is 0 Å². The van der Waals surface area contributed by atoms with Crippen LogP contribution in [0.3, 0.4) is 0 Å². The van der Waals surface area contributed by atoms with Gasteiger partial charge in [-0.25, -0.2) is 0 Å². The molecule has 0 saturated heterocycles. The molecule has 1 rings (SSSR count). The van der Waals surface area contributed by atoms with Gasteiger partial charge in [0.1, 0.15) is 0 Å². The third-order valence-electron chi connectivity index (χ3n) is 1.79. The van der Waals surface area contributed by atoms with Gasteiger partial charge in [-0.1, -0.05) is 36.9 Å². The van der Waals surface area contributed by atoms with Gasteiger partial charge in [0.2, 0.25) is 0 Å². The average Bonchev–Trinajstić information content (AvgIpc) is 2.15. The molecule has 0 aliphatic rings. The molecule has 0 spiro atoms. The number of aryl methyl sites for hydroxylation is 1. The first-order valence-electron chi connectivity index (χ1n) is 4.35. The third-order valence-corrected chi connectivity index (χ3v) is 1.79. The zero-order chi connectivity index (χ0) is 10.4. The van der Waals surface area contributed by atoms with Crippen LogP contribution in [-0.2, 0) is 11.2 Å². The standard InChI is InChI=1S/C11H12F2O/c1-9(14-11(12)13)7-8-10-5-3-2-4-6-10/h2-6,11H,1,7-8H2. The quantitative estimate of drug-likeness (QED) is 0.659. The summed E-state index contributed by atoms with van der Waals surface area (Å²) >= 11 is 0. The lowest BCUT2D eigenvalue weighted by Crippen LogP contribution is -1.99. The summed E-state index contributed by atoms with van der Waals surface area (Å²) in [6.45, 7) is 0.642. The van der Waals surface area contributed by atoms with Gasteiger partial charge >= 0.3 is 6.61 Å². The van der Waals surface area contributed by atoms with Crippen molar-refractivity contribution in [2.75, 3.05) is 0 Å². The molecule has 0 aliphatic heterocycles. The van der Waals surface area contributed by atoms with Gasteiger partial charge in [-0.3, -0.25) is 0 Å². The van der Waals surface area contributed by atoms with Crippen molar-refractivity contribution in [1.82, 2.24) is 0 Å². The number of hydrogen-bond acceptors (Lipinski definition) is 1. The highest BCUT2D eigenvalue weighted by Crippen LogP contribution is 2.11. The van der Waals surface area contributed by atoms with Crippen molar-refractivity contribution in [1.29, 1.82) is 0 Å². The smallest absolute Gasteiger partial charge is 0.387 e. The Kier molecular flexibility index (Phi) is 4.11. The molecule has 1 nitrogen and oxygen atoms in total. The fourth-order valence-corrected chi connectivity index (χ4v) is 1.11. The van der Waals surface area contributed by atoms with Gasteiger partial charge in [0.05, 0.1) is 5.76 Å². The number of rotatable bonds is 5. The van der Waals surface area contributed by atoms with Gasteiger partial charge in [0.25, 0.3) is 0 Å². The van der Waals surface area contributed by atoms with Crippen molar-refractivity contribution in [3.8, 4) is 0 Å². The van der Waals surface area contributed by atoms with Crippen molar-refractivity contribution in [3.05, 3.63) is 48.2 Å². The minimum absolute atomic E-state index is 0.129. The summed E-state index contributed by atoms with van der Waals surface area (Å²) in [6, 6.07) is 9.61. The number of alkyl halides is 2. The predicted molar refractivity (Wildman–Crippen MR) is 51.0 cm³/mol. The summed E-state index contributed by atoms with van der Waals surface area (Å²) < 4.78 is 27.6. The van der Waals surface area contributed by atoms with E-state index < -0.39 is 6.61 Å². The van der Waals surface area contributed by atoms with Crippen LogP contribution in [0.5, 0.6) is 0 Å². The fraction of sp³-hybridized carbons (Fsp3) is 0.273. The van der Waals surface area contributed by atoms with Gasteiger partial charge < -0.3 is 4.74 Å². The van der Waals surface area contributed by atoms with Crippen molar-refractivity contribution in [2.45, 2.75) is 19.5 Å². The van der Waals surface area contributed by atoms with E-state index in [0.29, 0.717) is 12.8 Å². The van der Waals surface area contributed by atoms with Crippen LogP contribution in [-0.4, -0.2) is 6.61 Å². The Bertz CT molecular complexity index is 283. The summed E-state index contributed by atoms with van der Waals surface area (Å²) in [7, 11) is 0. The first-order chi connectivity index (χ1) is 6.68. The molecule has 0 radical (unpaired) electrons. The Morgan fingerprint density at radius 2 is 1.93 bits per heavy atom. The maximum atomic E-state index is 11.7. The summed E-state index contributed by atoms with van der Waals surface area (Å²) in [6.07, 6.45) is 1.10. The van der Waals surface area contributed by atoms with Crippen molar-refractivity contribution >= 4 is 0 Å². The van der Waals surface area contributed by atoms with Gasteiger partial charge in [-0.15, -0.1) is 0 Å². The average molecular weight is 198 g/mol. The molecule has 0 aromatic heterocycles. The summed E-state index contributed by atoms with van der Waals surface area (Å²) in [5, 5.41) is 0. The highest BCUT2D eigenvalue weighted by molar-refractivity contribution is 5.15. The highest BCUT2D eigenvalue weighted by atomic mass is 19.3. The van der Waals surface area contributed by atoms with E-state index in [-0.39, 0.29) is 5.76 Å². The van der Waals surface area contributed by atoms with E-state index in [1.165, 1.54) is 0 Å². The third kappa shape index (κ3) is 4.03. The molecule has 0 amide bonds. The van der Waals surface area contributed by atoms with Crippen LogP contribution in [0.15, 0.2) is 42.7 Å². The molecule has 0 saturated carbocycles. The van der Waals surface area contributed by atoms with Crippen LogP contribution < -0.4 is 0 Å². The van der Waals surface area contributed by atoms with Crippen LogP contribution in [0.2, 0.25) is 0 Å². The lowest BCUT2D eigenvalue weighted by atomic mass is 10.1. The van der Waals surface area contributed by atoms with Crippen LogP contribution in [0, 0.1) is 0 Å². The number of benzene rings is 1. The van der Waals surface area contributed by atoms with Crippen LogP contribution >= 0.6 is 0 Å². The second kappa shape index (κ2) is 5.37. The molecule has 14 heavy (non-hydrogen) atoms. The summed E-state index contributed by atoms with van der Waals surface area (Å²) in [4.78, 5) is 0. The minimum atomic E-state index is -2.77. The Labute approximate surface area is 82.0 Å². The Morgan fingerprint density at radius 1 is 1.29 bits per heavy atom. The molecule has 0 unspecified atom stereocenters. The molecular weight excluding hydrogens is 186 g/mol. The maximum Gasteiger partial charge on any atom is 0.387 e. The maximum absolute atomic E-state index is 11.7. The second-order valence-electron chi connectivity index (χ2n) is 2.90. The summed E-state index contributed by atoms with van der Waals surface area (Å²) in [5.74, 6) is 0.129. The highest BCUT2D eigenvalue weighted by Gasteiger charge is 2.04. The molecule has 0 heterocycles. The topological polar surface area (TPSA) is 9.23 Å². The first kappa shape index (κ1) is 10.7. The molecule has 76 valence electrons. The zero-order valence-corrected chi connectivity index (χ0v) is 7.75. The van der Waals surface area contributed by atoms with E-state index in [0.717, 1.165) is 5.56 Å². The monoisotopic (exact) mass is 198 g/mol. The van der Waals surface area contributed by atoms with Gasteiger partial charge in [-0.05, 0) is 12.0 Å². The van der Waals surface area contributed by atoms with Gasteiger partial charge in [-0.2, -0.15) is 8.78 Å². The molecule has 0 N–H and O–H groups in total. The van der Waals surface area contributed by atoms with E-state index in [2.05, 4.69) is 11.3 Å². The zero-order valence-electron chi connectivity index (χ0n) is 7.75. The molecule has 0 bridgehead atoms. The number of allylic oxidation sites excluding steroid dienone is 1. The van der Waals surface area contributed by atoms with Crippen LogP contribution in [0.1, 0.15) is 12.0 Å². The number of ether oxygens (including phenoxy) is 1. The first-order valence-corrected chi connectivity index (χ1v) is 4.35. The van der Waals surface area contributed by atoms with Crippen LogP contribution in [0.4, 0.5) is 8.78 Å². The van der Waals surface area contributed by atoms with Crippen LogP contribution in [0.25, 0.3) is 0 Å². The van der Waals surface area contributed by atoms with E-state index in [4.69, 9.17) is 0 Å². The van der Waals surface area contributed by atoms with E-state index >= 15 is 0 Å². The van der Waals surface area contributed by atoms with Crippen molar-refractivity contribution in [3.63, 3.8) is 0 Å². The summed E-state index contributed by atoms with van der Waals surface area (Å²) in [5.41, 5.74) is 1.09. The lowest BCUT2D eigenvalue weighted by molar-refractivity contribution is -0.0978. The Balaban J connectivity index is 2.31. The Morgan fingerprint density at radius 3 is 2.50 bits per heavy atom. The molecule has 0 fully saturated rings. The number of hydrogen-bond donors (Lipinski definition) is 0. The molecule has 1 aromatic rings. The Hall–Kier alpha value is -1.38. The molecule has 0 atom stereocenters. The van der Waals surface area contributed by atoms with E-state index in [1.807, 2.05) is 30.3 Å². The normalized spacial score (nSPS) is 10.2. The fourth-order valence-electron chi connectivity index (χ4n) is 1.11. The van der Waals surface area contributed by atoms with E-state index in [9.17, 15) is 8.78 Å². The second-order valence-corrected chi connectivity index (χ2v) is 2.90. The molecule has 0 aliphatic carbocycles. The number of halogens is 2. The molecule has 1 aromatic carbocycles.